The lowest BCUT2D eigenvalue weighted by molar-refractivity contribution is 0.632. The van der Waals surface area contributed by atoms with Crippen LogP contribution in [0.15, 0.2) is 121 Å². The van der Waals surface area contributed by atoms with Gasteiger partial charge in [-0.15, -0.1) is 0 Å². The fourth-order valence-corrected chi connectivity index (χ4v) is 8.73. The molecule has 0 amide bonds. The minimum atomic E-state index is -0.150. The van der Waals surface area contributed by atoms with E-state index in [0.29, 0.717) is 0 Å². The Bertz CT molecular complexity index is 2150. The molecule has 0 saturated carbocycles. The summed E-state index contributed by atoms with van der Waals surface area (Å²) < 4.78 is 0. The van der Waals surface area contributed by atoms with Gasteiger partial charge < -0.3 is 4.90 Å². The first kappa shape index (κ1) is 30.7. The molecule has 48 heavy (non-hydrogen) atoms. The molecular weight excluding hydrogens is 579 g/mol. The number of fused-ring (bicyclic) bond motifs is 8. The summed E-state index contributed by atoms with van der Waals surface area (Å²) in [6.07, 6.45) is 7.62. The van der Waals surface area contributed by atoms with E-state index in [2.05, 4.69) is 161 Å². The maximum absolute atomic E-state index is 2.54. The van der Waals surface area contributed by atoms with Crippen LogP contribution in [0.3, 0.4) is 0 Å². The fourth-order valence-electron chi connectivity index (χ4n) is 8.73. The van der Waals surface area contributed by atoms with Crippen LogP contribution in [0.4, 0.5) is 17.1 Å². The van der Waals surface area contributed by atoms with Crippen LogP contribution >= 0.6 is 0 Å². The van der Waals surface area contributed by atoms with E-state index < -0.39 is 0 Å². The summed E-state index contributed by atoms with van der Waals surface area (Å²) >= 11 is 0. The van der Waals surface area contributed by atoms with Crippen LogP contribution < -0.4 is 4.90 Å². The molecular formula is C47H47N. The lowest BCUT2D eigenvalue weighted by Crippen LogP contribution is -2.18. The summed E-state index contributed by atoms with van der Waals surface area (Å²) in [4.78, 5) is 2.50. The third kappa shape index (κ3) is 4.81. The predicted molar refractivity (Wildman–Crippen MR) is 206 cm³/mol. The average Bonchev–Trinajstić information content (AvgIpc) is 3.47. The van der Waals surface area contributed by atoms with Crippen LogP contribution in [0.5, 0.6) is 0 Å². The van der Waals surface area contributed by atoms with Crippen molar-refractivity contribution in [2.24, 2.45) is 0 Å². The number of benzene rings is 6. The largest absolute Gasteiger partial charge is 0.310 e. The number of hydrogen-bond donors (Lipinski definition) is 0. The van der Waals surface area contributed by atoms with Gasteiger partial charge in [0, 0.05) is 27.6 Å². The van der Waals surface area contributed by atoms with E-state index in [1.54, 1.807) is 0 Å². The highest BCUT2D eigenvalue weighted by molar-refractivity contribution is 6.10. The molecule has 240 valence electrons. The topological polar surface area (TPSA) is 3.24 Å². The average molecular weight is 626 g/mol. The molecule has 0 saturated heterocycles. The number of nitrogens with zero attached hydrogens (tertiary/aromatic N) is 1. The number of unbranched alkanes of at least 4 members (excludes halogenated alkanes) is 4. The molecule has 0 bridgehead atoms. The van der Waals surface area contributed by atoms with Gasteiger partial charge in [0.25, 0.3) is 0 Å². The van der Waals surface area contributed by atoms with Crippen molar-refractivity contribution >= 4 is 27.8 Å². The highest BCUT2D eigenvalue weighted by Gasteiger charge is 2.42. The lowest BCUT2D eigenvalue weighted by atomic mass is 9.79. The van der Waals surface area contributed by atoms with E-state index >= 15 is 0 Å². The van der Waals surface area contributed by atoms with Crippen molar-refractivity contribution in [1.82, 2.24) is 0 Å². The predicted octanol–water partition coefficient (Wildman–Crippen LogP) is 13.4. The van der Waals surface area contributed by atoms with Crippen molar-refractivity contribution in [3.05, 3.63) is 149 Å². The van der Waals surface area contributed by atoms with Crippen molar-refractivity contribution in [3.63, 3.8) is 0 Å². The van der Waals surface area contributed by atoms with Crippen LogP contribution in [-0.2, 0) is 17.3 Å². The monoisotopic (exact) mass is 625 g/mol. The molecule has 1 heteroatoms. The number of para-hydroxylation sites is 1. The standard InChI is InChI=1S/C47H47N/c1-6-7-8-9-11-19-32-20-18-23-34(28-32)48(33-21-12-10-13-22-33)44-31-43-45(37-26-15-14-25-36(37)44)39-30-41-38(29-42(39)47(43,4)5)35-24-16-17-27-40(35)46(41,2)3/h10,12-18,20-31H,6-9,11,19H2,1-5H3. The molecule has 2 aliphatic carbocycles. The van der Waals surface area contributed by atoms with E-state index in [4.69, 9.17) is 0 Å². The third-order valence-electron chi connectivity index (χ3n) is 11.4. The second-order valence-electron chi connectivity index (χ2n) is 15.1. The van der Waals surface area contributed by atoms with E-state index in [1.807, 2.05) is 0 Å². The summed E-state index contributed by atoms with van der Waals surface area (Å²) in [5, 5.41) is 2.62. The Morgan fingerprint density at radius 3 is 1.94 bits per heavy atom. The zero-order chi connectivity index (χ0) is 33.0. The maximum Gasteiger partial charge on any atom is 0.0543 e. The molecule has 8 rings (SSSR count). The Balaban J connectivity index is 1.31. The van der Waals surface area contributed by atoms with Gasteiger partial charge in [-0.25, -0.2) is 0 Å². The minimum Gasteiger partial charge on any atom is -0.310 e. The zero-order valence-corrected chi connectivity index (χ0v) is 29.2. The molecule has 2 aliphatic rings. The Kier molecular flexibility index (Phi) is 7.55. The Labute approximate surface area is 287 Å². The van der Waals surface area contributed by atoms with Crippen LogP contribution in [0, 0.1) is 0 Å². The number of anilines is 3. The van der Waals surface area contributed by atoms with Gasteiger partial charge in [0.2, 0.25) is 0 Å². The first-order valence-corrected chi connectivity index (χ1v) is 18.1. The number of rotatable bonds is 9. The fraction of sp³-hybridized carbons (Fsp3) is 0.277. The molecule has 0 heterocycles. The van der Waals surface area contributed by atoms with E-state index in [9.17, 15) is 0 Å². The van der Waals surface area contributed by atoms with Crippen LogP contribution in [0.25, 0.3) is 33.0 Å². The lowest BCUT2D eigenvalue weighted by Gasteiger charge is -2.30. The molecule has 0 aromatic heterocycles. The third-order valence-corrected chi connectivity index (χ3v) is 11.4. The van der Waals surface area contributed by atoms with Gasteiger partial charge in [0.05, 0.1) is 5.69 Å². The molecule has 1 nitrogen and oxygen atoms in total. The van der Waals surface area contributed by atoms with Crippen molar-refractivity contribution in [2.75, 3.05) is 4.90 Å². The summed E-state index contributed by atoms with van der Waals surface area (Å²) in [7, 11) is 0. The highest BCUT2D eigenvalue weighted by atomic mass is 15.1. The molecule has 0 radical (unpaired) electrons. The molecule has 6 aromatic rings. The van der Waals surface area contributed by atoms with Crippen molar-refractivity contribution in [1.29, 1.82) is 0 Å². The second kappa shape index (κ2) is 11.8. The minimum absolute atomic E-state index is 0.0330. The Hall–Kier alpha value is -4.62. The van der Waals surface area contributed by atoms with Crippen LogP contribution in [-0.4, -0.2) is 0 Å². The van der Waals surface area contributed by atoms with Gasteiger partial charge in [0.1, 0.15) is 0 Å². The van der Waals surface area contributed by atoms with Crippen LogP contribution in [0.2, 0.25) is 0 Å². The van der Waals surface area contributed by atoms with E-state index in [1.165, 1.54) is 110 Å². The molecule has 6 aromatic carbocycles. The highest BCUT2D eigenvalue weighted by Crippen LogP contribution is 2.58. The Morgan fingerprint density at radius 1 is 0.479 bits per heavy atom. The summed E-state index contributed by atoms with van der Waals surface area (Å²) in [6, 6.07) is 46.0. The first-order chi connectivity index (χ1) is 23.3. The molecule has 0 fully saturated rings. The van der Waals surface area contributed by atoms with Gasteiger partial charge >= 0.3 is 0 Å². The van der Waals surface area contributed by atoms with Gasteiger partial charge in [-0.2, -0.15) is 0 Å². The van der Waals surface area contributed by atoms with Gasteiger partial charge in [-0.1, -0.05) is 139 Å². The van der Waals surface area contributed by atoms with E-state index in [0.717, 1.165) is 6.42 Å². The molecule has 0 N–H and O–H groups in total. The van der Waals surface area contributed by atoms with E-state index in [-0.39, 0.29) is 10.8 Å². The number of aryl methyl sites for hydroxylation is 1. The quantitative estimate of drug-likeness (QED) is 0.145. The first-order valence-electron chi connectivity index (χ1n) is 18.1. The smallest absolute Gasteiger partial charge is 0.0543 e. The van der Waals surface area contributed by atoms with Crippen molar-refractivity contribution in [3.8, 4) is 22.3 Å². The van der Waals surface area contributed by atoms with Crippen molar-refractivity contribution in [2.45, 2.75) is 84.0 Å². The zero-order valence-electron chi connectivity index (χ0n) is 29.2. The molecule has 0 unspecified atom stereocenters. The Morgan fingerprint density at radius 2 is 1.12 bits per heavy atom. The van der Waals surface area contributed by atoms with Gasteiger partial charge in [-0.05, 0) is 111 Å². The summed E-state index contributed by atoms with van der Waals surface area (Å²) in [6.45, 7) is 11.9. The van der Waals surface area contributed by atoms with Gasteiger partial charge in [-0.3, -0.25) is 0 Å². The summed E-state index contributed by atoms with van der Waals surface area (Å²) in [5.74, 6) is 0. The van der Waals surface area contributed by atoms with Crippen molar-refractivity contribution < 1.29 is 0 Å². The maximum atomic E-state index is 2.54. The summed E-state index contributed by atoms with van der Waals surface area (Å²) in [5.41, 5.74) is 16.2. The normalized spacial score (nSPS) is 14.8. The number of hydrogen-bond acceptors (Lipinski definition) is 1. The van der Waals surface area contributed by atoms with Crippen LogP contribution in [0.1, 0.15) is 94.5 Å². The van der Waals surface area contributed by atoms with Gasteiger partial charge in [0.15, 0.2) is 0 Å². The molecule has 0 aliphatic heterocycles. The second-order valence-corrected chi connectivity index (χ2v) is 15.1. The molecule has 0 spiro atoms. The SMILES string of the molecule is CCCCCCCc1cccc(N(c2ccccc2)c2cc3c(c4ccccc24)-c2cc4c(cc2C3(C)C)-c2ccccc2C4(C)C)c1. The molecule has 0 atom stereocenters.